The maximum atomic E-state index is 4.56. The van der Waals surface area contributed by atoms with Crippen molar-refractivity contribution >= 4 is 0 Å². The van der Waals surface area contributed by atoms with Crippen LogP contribution in [0.4, 0.5) is 0 Å². The van der Waals surface area contributed by atoms with E-state index in [0.29, 0.717) is 12.0 Å². The standard InChI is InChI=1S/C16H24N2/c1-12(2)17-10-4-6-13(3)15-9-8-14-7-5-11-18-16(14)15/h5-7,11-12,15,17H,4,8-10H2,1-3H3. The van der Waals surface area contributed by atoms with Gasteiger partial charge in [-0.1, -0.05) is 31.6 Å². The number of aryl methyl sites for hydroxylation is 1. The summed E-state index contributed by atoms with van der Waals surface area (Å²) in [7, 11) is 0. The van der Waals surface area contributed by atoms with Gasteiger partial charge < -0.3 is 5.32 Å². The van der Waals surface area contributed by atoms with Crippen LogP contribution in [0.25, 0.3) is 0 Å². The van der Waals surface area contributed by atoms with Gasteiger partial charge in [-0.25, -0.2) is 0 Å². The van der Waals surface area contributed by atoms with Gasteiger partial charge in [0.2, 0.25) is 0 Å². The summed E-state index contributed by atoms with van der Waals surface area (Å²) in [6.45, 7) is 7.70. The molecule has 1 unspecified atom stereocenters. The lowest BCUT2D eigenvalue weighted by atomic mass is 9.97. The van der Waals surface area contributed by atoms with Crippen LogP contribution in [-0.2, 0) is 6.42 Å². The molecule has 18 heavy (non-hydrogen) atoms. The van der Waals surface area contributed by atoms with Gasteiger partial charge in [-0.3, -0.25) is 4.98 Å². The van der Waals surface area contributed by atoms with Crippen LogP contribution in [-0.4, -0.2) is 17.6 Å². The quantitative estimate of drug-likeness (QED) is 0.634. The first-order valence-electron chi connectivity index (χ1n) is 7.02. The Morgan fingerprint density at radius 1 is 1.56 bits per heavy atom. The highest BCUT2D eigenvalue weighted by Gasteiger charge is 2.24. The zero-order chi connectivity index (χ0) is 13.0. The van der Waals surface area contributed by atoms with Crippen molar-refractivity contribution in [3.05, 3.63) is 41.2 Å². The molecular formula is C16H24N2. The van der Waals surface area contributed by atoms with E-state index < -0.39 is 0 Å². The molecule has 0 radical (unpaired) electrons. The fourth-order valence-electron chi connectivity index (χ4n) is 2.67. The zero-order valence-corrected chi connectivity index (χ0v) is 11.7. The maximum absolute atomic E-state index is 4.56. The first-order valence-corrected chi connectivity index (χ1v) is 7.02. The van der Waals surface area contributed by atoms with Crippen molar-refractivity contribution in [3.8, 4) is 0 Å². The first kappa shape index (κ1) is 13.3. The Hall–Kier alpha value is -1.15. The van der Waals surface area contributed by atoms with Gasteiger partial charge in [0.25, 0.3) is 0 Å². The van der Waals surface area contributed by atoms with E-state index in [1.165, 1.54) is 29.7 Å². The lowest BCUT2D eigenvalue weighted by Gasteiger charge is -2.12. The molecule has 1 aromatic heterocycles. The number of nitrogens with one attached hydrogen (secondary N) is 1. The summed E-state index contributed by atoms with van der Waals surface area (Å²) in [5.74, 6) is 0.556. The number of hydrogen-bond donors (Lipinski definition) is 1. The lowest BCUT2D eigenvalue weighted by molar-refractivity contribution is 0.593. The Morgan fingerprint density at radius 3 is 3.17 bits per heavy atom. The minimum Gasteiger partial charge on any atom is -0.314 e. The average Bonchev–Trinajstić information content (AvgIpc) is 2.78. The second-order valence-electron chi connectivity index (χ2n) is 5.48. The van der Waals surface area contributed by atoms with E-state index in [9.17, 15) is 0 Å². The Kier molecular flexibility index (Phi) is 4.54. The third-order valence-corrected chi connectivity index (χ3v) is 3.67. The molecule has 0 fully saturated rings. The SMILES string of the molecule is CC(=CCCNC(C)C)C1CCc2cccnc21. The zero-order valence-electron chi connectivity index (χ0n) is 11.7. The topological polar surface area (TPSA) is 24.9 Å². The van der Waals surface area contributed by atoms with Gasteiger partial charge in [0.1, 0.15) is 0 Å². The largest absolute Gasteiger partial charge is 0.314 e. The fraction of sp³-hybridized carbons (Fsp3) is 0.562. The van der Waals surface area contributed by atoms with E-state index in [2.05, 4.69) is 43.2 Å². The minimum absolute atomic E-state index is 0.556. The van der Waals surface area contributed by atoms with Crippen LogP contribution in [0, 0.1) is 0 Å². The van der Waals surface area contributed by atoms with Crippen LogP contribution >= 0.6 is 0 Å². The van der Waals surface area contributed by atoms with E-state index in [1.54, 1.807) is 0 Å². The smallest absolute Gasteiger partial charge is 0.0506 e. The summed E-state index contributed by atoms with van der Waals surface area (Å²) < 4.78 is 0. The van der Waals surface area contributed by atoms with Crippen molar-refractivity contribution in [1.82, 2.24) is 10.3 Å². The Balaban J connectivity index is 1.94. The van der Waals surface area contributed by atoms with Gasteiger partial charge in [-0.2, -0.15) is 0 Å². The average molecular weight is 244 g/mol. The molecule has 2 nitrogen and oxygen atoms in total. The van der Waals surface area contributed by atoms with E-state index in [1.807, 2.05) is 12.3 Å². The Morgan fingerprint density at radius 2 is 2.39 bits per heavy atom. The molecule has 2 rings (SSSR count). The second kappa shape index (κ2) is 6.14. The third kappa shape index (κ3) is 3.20. The maximum Gasteiger partial charge on any atom is 0.0506 e. The summed E-state index contributed by atoms with van der Waals surface area (Å²) >= 11 is 0. The second-order valence-corrected chi connectivity index (χ2v) is 5.48. The number of rotatable bonds is 5. The monoisotopic (exact) mass is 244 g/mol. The molecule has 1 heterocycles. The van der Waals surface area contributed by atoms with Gasteiger partial charge in [-0.15, -0.1) is 0 Å². The lowest BCUT2D eigenvalue weighted by Crippen LogP contribution is -2.23. The van der Waals surface area contributed by atoms with Crippen LogP contribution in [0.3, 0.4) is 0 Å². The number of fused-ring (bicyclic) bond motifs is 1. The molecule has 1 N–H and O–H groups in total. The van der Waals surface area contributed by atoms with E-state index >= 15 is 0 Å². The molecule has 0 amide bonds. The first-order chi connectivity index (χ1) is 8.68. The van der Waals surface area contributed by atoms with Crippen molar-refractivity contribution in [3.63, 3.8) is 0 Å². The van der Waals surface area contributed by atoms with E-state index in [0.717, 1.165) is 13.0 Å². The third-order valence-electron chi connectivity index (χ3n) is 3.67. The van der Waals surface area contributed by atoms with Gasteiger partial charge in [0.05, 0.1) is 5.69 Å². The Bertz CT molecular complexity index is 421. The normalized spacial score (nSPS) is 19.3. The summed E-state index contributed by atoms with van der Waals surface area (Å²) in [6, 6.07) is 4.84. The fourth-order valence-corrected chi connectivity index (χ4v) is 2.67. The predicted molar refractivity (Wildman–Crippen MR) is 76.8 cm³/mol. The molecule has 0 saturated carbocycles. The summed E-state index contributed by atoms with van der Waals surface area (Å²) in [4.78, 5) is 4.56. The highest BCUT2D eigenvalue weighted by molar-refractivity contribution is 5.34. The van der Waals surface area contributed by atoms with Crippen molar-refractivity contribution < 1.29 is 0 Å². The molecular weight excluding hydrogens is 220 g/mol. The number of nitrogens with zero attached hydrogens (tertiary/aromatic N) is 1. The van der Waals surface area contributed by atoms with Crippen LogP contribution in [0.2, 0.25) is 0 Å². The molecule has 1 aliphatic rings. The molecule has 1 aromatic rings. The molecule has 2 heteroatoms. The van der Waals surface area contributed by atoms with Crippen molar-refractivity contribution in [2.24, 2.45) is 0 Å². The van der Waals surface area contributed by atoms with E-state index in [-0.39, 0.29) is 0 Å². The highest BCUT2D eigenvalue weighted by Crippen LogP contribution is 2.36. The molecule has 1 aliphatic carbocycles. The molecule has 0 saturated heterocycles. The predicted octanol–water partition coefficient (Wildman–Crippen LogP) is 3.45. The Labute approximate surface area is 111 Å². The van der Waals surface area contributed by atoms with Crippen LogP contribution < -0.4 is 5.32 Å². The number of hydrogen-bond acceptors (Lipinski definition) is 2. The summed E-state index contributed by atoms with van der Waals surface area (Å²) in [6.07, 6.45) is 7.83. The van der Waals surface area contributed by atoms with Gasteiger partial charge in [0, 0.05) is 18.2 Å². The summed E-state index contributed by atoms with van der Waals surface area (Å²) in [5, 5.41) is 3.45. The molecule has 0 aliphatic heterocycles. The molecule has 0 bridgehead atoms. The van der Waals surface area contributed by atoms with Crippen molar-refractivity contribution in [2.45, 2.75) is 52.0 Å². The van der Waals surface area contributed by atoms with Crippen molar-refractivity contribution in [1.29, 1.82) is 0 Å². The van der Waals surface area contributed by atoms with Gasteiger partial charge >= 0.3 is 0 Å². The van der Waals surface area contributed by atoms with Crippen LogP contribution in [0.15, 0.2) is 30.0 Å². The molecule has 1 atom stereocenters. The van der Waals surface area contributed by atoms with Crippen LogP contribution in [0.5, 0.6) is 0 Å². The van der Waals surface area contributed by atoms with E-state index in [4.69, 9.17) is 0 Å². The summed E-state index contributed by atoms with van der Waals surface area (Å²) in [5.41, 5.74) is 4.23. The van der Waals surface area contributed by atoms with Crippen molar-refractivity contribution in [2.75, 3.05) is 6.54 Å². The number of allylic oxidation sites excluding steroid dienone is 1. The number of aromatic nitrogens is 1. The molecule has 98 valence electrons. The number of pyridine rings is 1. The minimum atomic E-state index is 0.556. The van der Waals surface area contributed by atoms with Gasteiger partial charge in [0.15, 0.2) is 0 Å². The molecule has 0 aromatic carbocycles. The van der Waals surface area contributed by atoms with Gasteiger partial charge in [-0.05, 0) is 44.4 Å². The molecule has 0 spiro atoms. The highest BCUT2D eigenvalue weighted by atomic mass is 14.9. The van der Waals surface area contributed by atoms with Crippen LogP contribution in [0.1, 0.15) is 50.8 Å².